The highest BCUT2D eigenvalue weighted by Crippen LogP contribution is 2.12. The maximum absolute atomic E-state index is 11.0. The van der Waals surface area contributed by atoms with Gasteiger partial charge >= 0.3 is 0 Å². The average molecular weight is 208 g/mol. The summed E-state index contributed by atoms with van der Waals surface area (Å²) in [5, 5.41) is 0. The molecule has 0 N–H and O–H groups in total. The zero-order chi connectivity index (χ0) is 11.3. The van der Waals surface area contributed by atoms with Crippen molar-refractivity contribution >= 4 is 5.78 Å². The van der Waals surface area contributed by atoms with E-state index < -0.39 is 0 Å². The van der Waals surface area contributed by atoms with Gasteiger partial charge in [-0.2, -0.15) is 0 Å². The molecular weight excluding hydrogens is 186 g/mol. The topological polar surface area (TPSA) is 17.1 Å². The Hall–Kier alpha value is -0.890. The van der Waals surface area contributed by atoms with Gasteiger partial charge in [0.05, 0.1) is 20.6 Å². The fraction of sp³-hybridized carbons (Fsp3) is 0.615. The Bertz CT molecular complexity index is 287. The van der Waals surface area contributed by atoms with Crippen molar-refractivity contribution in [2.75, 3.05) is 27.2 Å². The number of likely N-dealkylation sites (N-methyl/N-ethyl adjacent to an activating group) is 1. The molecule has 84 valence electrons. The van der Waals surface area contributed by atoms with Crippen LogP contribution in [0.25, 0.3) is 0 Å². The van der Waals surface area contributed by atoms with Crippen molar-refractivity contribution in [2.45, 2.75) is 26.2 Å². The summed E-state index contributed by atoms with van der Waals surface area (Å²) in [6.45, 7) is 4.46. The third-order valence-electron chi connectivity index (χ3n) is 2.78. The van der Waals surface area contributed by atoms with Gasteiger partial charge in [0, 0.05) is 12.0 Å². The van der Waals surface area contributed by atoms with Crippen LogP contribution in [-0.4, -0.2) is 37.5 Å². The fourth-order valence-electron chi connectivity index (χ4n) is 1.84. The van der Waals surface area contributed by atoms with Gasteiger partial charge in [0.1, 0.15) is 6.54 Å². The van der Waals surface area contributed by atoms with Crippen molar-refractivity contribution in [3.63, 3.8) is 0 Å². The maximum atomic E-state index is 11.0. The molecule has 0 spiro atoms. The minimum atomic E-state index is 0.220. The van der Waals surface area contributed by atoms with E-state index >= 15 is 0 Å². The van der Waals surface area contributed by atoms with E-state index in [4.69, 9.17) is 0 Å². The number of carbonyl (C=O) groups is 1. The molecule has 0 aromatic rings. The number of rotatable bonds is 5. The normalized spacial score (nSPS) is 16.7. The molecule has 0 aliphatic heterocycles. The molecule has 0 fully saturated rings. The molecule has 0 aromatic heterocycles. The molecule has 0 atom stereocenters. The third kappa shape index (κ3) is 4.43. The quantitative estimate of drug-likeness (QED) is 0.634. The summed E-state index contributed by atoms with van der Waals surface area (Å²) in [6, 6.07) is 0. The van der Waals surface area contributed by atoms with Gasteiger partial charge in [0.2, 0.25) is 0 Å². The number of hydrogen-bond acceptors (Lipinski definition) is 1. The van der Waals surface area contributed by atoms with Crippen LogP contribution in [0.1, 0.15) is 26.2 Å². The maximum Gasteiger partial charge on any atom is 0.159 e. The lowest BCUT2D eigenvalue weighted by Crippen LogP contribution is -2.41. The molecule has 2 nitrogen and oxygen atoms in total. The first-order valence-corrected chi connectivity index (χ1v) is 5.75. The molecule has 0 bridgehead atoms. The molecule has 0 aromatic carbocycles. The van der Waals surface area contributed by atoms with Crippen LogP contribution < -0.4 is 0 Å². The van der Waals surface area contributed by atoms with Crippen LogP contribution in [0.4, 0.5) is 0 Å². The first kappa shape index (κ1) is 12.2. The second kappa shape index (κ2) is 5.26. The van der Waals surface area contributed by atoms with E-state index in [9.17, 15) is 4.79 Å². The monoisotopic (exact) mass is 208 g/mol. The van der Waals surface area contributed by atoms with Gasteiger partial charge in [0.25, 0.3) is 0 Å². The predicted octanol–water partition coefficient (Wildman–Crippen LogP) is 2.32. The van der Waals surface area contributed by atoms with Gasteiger partial charge in [-0.25, -0.2) is 0 Å². The summed E-state index contributed by atoms with van der Waals surface area (Å²) in [4.78, 5) is 11.0. The molecule has 0 unspecified atom stereocenters. The number of hydrogen-bond donors (Lipinski definition) is 0. The SMILES string of the molecule is CCCC[N+](C)(C)CC1=CCC(=O)C=C1. The van der Waals surface area contributed by atoms with Crippen LogP contribution in [0.2, 0.25) is 0 Å². The summed E-state index contributed by atoms with van der Waals surface area (Å²) >= 11 is 0. The number of allylic oxidation sites excluding steroid dienone is 2. The molecule has 15 heavy (non-hydrogen) atoms. The Kier molecular flexibility index (Phi) is 4.28. The summed E-state index contributed by atoms with van der Waals surface area (Å²) < 4.78 is 1.01. The second-order valence-corrected chi connectivity index (χ2v) is 4.95. The molecule has 2 heteroatoms. The van der Waals surface area contributed by atoms with Crippen LogP contribution in [0.3, 0.4) is 0 Å². The van der Waals surface area contributed by atoms with Gasteiger partial charge in [0.15, 0.2) is 5.78 Å². The molecule has 0 radical (unpaired) electrons. The minimum absolute atomic E-state index is 0.220. The van der Waals surface area contributed by atoms with E-state index in [0.717, 1.165) is 11.0 Å². The third-order valence-corrected chi connectivity index (χ3v) is 2.78. The minimum Gasteiger partial charge on any atom is -0.325 e. The van der Waals surface area contributed by atoms with Crippen molar-refractivity contribution in [3.8, 4) is 0 Å². The molecule has 0 saturated heterocycles. The Morgan fingerprint density at radius 2 is 2.07 bits per heavy atom. The van der Waals surface area contributed by atoms with Crippen molar-refractivity contribution < 1.29 is 9.28 Å². The van der Waals surface area contributed by atoms with Gasteiger partial charge in [-0.3, -0.25) is 4.79 Å². The summed E-state index contributed by atoms with van der Waals surface area (Å²) in [6.07, 6.45) is 8.83. The lowest BCUT2D eigenvalue weighted by molar-refractivity contribution is -0.885. The van der Waals surface area contributed by atoms with Gasteiger partial charge in [-0.05, 0) is 12.5 Å². The van der Waals surface area contributed by atoms with Crippen molar-refractivity contribution in [1.29, 1.82) is 0 Å². The molecule has 1 aliphatic rings. The van der Waals surface area contributed by atoms with Crippen molar-refractivity contribution in [1.82, 2.24) is 0 Å². The lowest BCUT2D eigenvalue weighted by Gasteiger charge is -2.30. The molecule has 0 heterocycles. The van der Waals surface area contributed by atoms with Gasteiger partial charge in [-0.1, -0.05) is 25.5 Å². The predicted molar refractivity (Wildman–Crippen MR) is 63.6 cm³/mol. The van der Waals surface area contributed by atoms with Gasteiger partial charge < -0.3 is 4.48 Å². The zero-order valence-electron chi connectivity index (χ0n) is 10.1. The van der Waals surface area contributed by atoms with Crippen LogP contribution in [-0.2, 0) is 4.79 Å². The fourth-order valence-corrected chi connectivity index (χ4v) is 1.84. The van der Waals surface area contributed by atoms with Crippen LogP contribution in [0.15, 0.2) is 23.8 Å². The first-order valence-electron chi connectivity index (χ1n) is 5.75. The number of nitrogens with zero attached hydrogens (tertiary/aromatic N) is 1. The van der Waals surface area contributed by atoms with Crippen LogP contribution >= 0.6 is 0 Å². The smallest absolute Gasteiger partial charge is 0.159 e. The zero-order valence-corrected chi connectivity index (χ0v) is 10.1. The van der Waals surface area contributed by atoms with Crippen LogP contribution in [0.5, 0.6) is 0 Å². The summed E-state index contributed by atoms with van der Waals surface area (Å²) in [5.41, 5.74) is 1.30. The van der Waals surface area contributed by atoms with Gasteiger partial charge in [-0.15, -0.1) is 0 Å². The number of quaternary nitrogens is 1. The average Bonchev–Trinajstić information content (AvgIpc) is 2.18. The summed E-state index contributed by atoms with van der Waals surface area (Å²) in [5.74, 6) is 0.220. The van der Waals surface area contributed by atoms with Crippen molar-refractivity contribution in [2.24, 2.45) is 0 Å². The number of carbonyl (C=O) groups excluding carboxylic acids is 1. The largest absolute Gasteiger partial charge is 0.325 e. The Labute approximate surface area is 92.9 Å². The van der Waals surface area contributed by atoms with E-state index in [1.807, 2.05) is 6.08 Å². The van der Waals surface area contributed by atoms with E-state index in [2.05, 4.69) is 27.1 Å². The number of unbranched alkanes of at least 4 members (excludes halogenated alkanes) is 1. The Morgan fingerprint density at radius 1 is 1.33 bits per heavy atom. The standard InChI is InChI=1S/C13H22NO/c1-4-5-10-14(2,3)11-12-6-8-13(15)9-7-12/h6-8H,4-5,9-11H2,1-3H3/q+1. The highest BCUT2D eigenvalue weighted by molar-refractivity contribution is 5.92. The highest BCUT2D eigenvalue weighted by atomic mass is 16.1. The Morgan fingerprint density at radius 3 is 2.60 bits per heavy atom. The van der Waals surface area contributed by atoms with Crippen LogP contribution in [0, 0.1) is 0 Å². The molecule has 0 amide bonds. The lowest BCUT2D eigenvalue weighted by atomic mass is 10.1. The number of ketones is 1. The van der Waals surface area contributed by atoms with E-state index in [0.29, 0.717) is 6.42 Å². The Balaban J connectivity index is 2.47. The second-order valence-electron chi connectivity index (χ2n) is 4.95. The summed E-state index contributed by atoms with van der Waals surface area (Å²) in [7, 11) is 4.50. The molecular formula is C13H22NO+. The van der Waals surface area contributed by atoms with E-state index in [1.165, 1.54) is 25.0 Å². The van der Waals surface area contributed by atoms with Crippen molar-refractivity contribution in [3.05, 3.63) is 23.8 Å². The molecule has 1 rings (SSSR count). The molecule has 0 saturated carbocycles. The van der Waals surface area contributed by atoms with E-state index in [-0.39, 0.29) is 5.78 Å². The first-order chi connectivity index (χ1) is 7.03. The highest BCUT2D eigenvalue weighted by Gasteiger charge is 2.16. The molecule has 1 aliphatic carbocycles. The van der Waals surface area contributed by atoms with E-state index in [1.54, 1.807) is 6.08 Å².